The summed E-state index contributed by atoms with van der Waals surface area (Å²) in [6, 6.07) is 5.28. The van der Waals surface area contributed by atoms with Crippen molar-refractivity contribution in [2.45, 2.75) is 19.4 Å². The second-order valence-electron chi connectivity index (χ2n) is 5.99. The summed E-state index contributed by atoms with van der Waals surface area (Å²) >= 11 is 0. The minimum atomic E-state index is -0.858. The Kier molecular flexibility index (Phi) is 4.47. The van der Waals surface area contributed by atoms with E-state index in [1.165, 1.54) is 11.0 Å². The van der Waals surface area contributed by atoms with Gasteiger partial charge in [0.1, 0.15) is 5.82 Å². The van der Waals surface area contributed by atoms with Crippen molar-refractivity contribution < 1.29 is 14.3 Å². The van der Waals surface area contributed by atoms with E-state index in [4.69, 9.17) is 5.11 Å². The van der Waals surface area contributed by atoms with Crippen molar-refractivity contribution in [3.8, 4) is 0 Å². The van der Waals surface area contributed by atoms with Gasteiger partial charge in [0.15, 0.2) is 0 Å². The molecule has 2 aliphatic rings. The van der Waals surface area contributed by atoms with Crippen LogP contribution in [0.5, 0.6) is 0 Å². The Morgan fingerprint density at radius 1 is 1.09 bits per heavy atom. The second kappa shape index (κ2) is 6.52. The number of hydrogen-bond acceptors (Lipinski definition) is 3. The van der Waals surface area contributed by atoms with Crippen LogP contribution in [0.2, 0.25) is 0 Å². The van der Waals surface area contributed by atoms with Crippen LogP contribution in [0.1, 0.15) is 18.4 Å². The van der Waals surface area contributed by atoms with Crippen molar-refractivity contribution in [2.24, 2.45) is 0 Å². The highest BCUT2D eigenvalue weighted by atomic mass is 19.1. The summed E-state index contributed by atoms with van der Waals surface area (Å²) in [6.45, 7) is 4.94. The van der Waals surface area contributed by atoms with Crippen molar-refractivity contribution in [1.29, 1.82) is 0 Å². The van der Waals surface area contributed by atoms with Crippen LogP contribution >= 0.6 is 0 Å². The number of rotatable bonds is 3. The largest absolute Gasteiger partial charge is 0.465 e. The molecule has 0 aromatic heterocycles. The fraction of sp³-hybridized carbons (Fsp3) is 0.562. The minimum absolute atomic E-state index is 0.149. The molecule has 2 heterocycles. The highest BCUT2D eigenvalue weighted by Crippen LogP contribution is 2.29. The Bertz CT molecular complexity index is 538. The molecular weight excluding hydrogens is 285 g/mol. The number of amides is 1. The number of carboxylic acid groups (broad SMARTS) is 1. The Morgan fingerprint density at radius 3 is 2.41 bits per heavy atom. The third-order valence-corrected chi connectivity index (χ3v) is 4.53. The zero-order chi connectivity index (χ0) is 15.5. The van der Waals surface area contributed by atoms with Gasteiger partial charge in [-0.2, -0.15) is 0 Å². The van der Waals surface area contributed by atoms with Crippen molar-refractivity contribution in [3.05, 3.63) is 29.6 Å². The maximum absolute atomic E-state index is 14.3. The molecule has 22 heavy (non-hydrogen) atoms. The summed E-state index contributed by atoms with van der Waals surface area (Å²) in [5.74, 6) is -0.149. The third-order valence-electron chi connectivity index (χ3n) is 4.53. The molecule has 0 aliphatic carbocycles. The highest BCUT2D eigenvalue weighted by Gasteiger charge is 2.24. The summed E-state index contributed by atoms with van der Waals surface area (Å²) in [5, 5.41) is 8.99. The van der Waals surface area contributed by atoms with Crippen LogP contribution in [0.3, 0.4) is 0 Å². The predicted molar refractivity (Wildman–Crippen MR) is 82.7 cm³/mol. The van der Waals surface area contributed by atoms with Gasteiger partial charge in [0.05, 0.1) is 5.69 Å². The third kappa shape index (κ3) is 3.16. The molecule has 6 heteroatoms. The molecule has 0 radical (unpaired) electrons. The van der Waals surface area contributed by atoms with Crippen LogP contribution in [0.15, 0.2) is 18.2 Å². The van der Waals surface area contributed by atoms with E-state index in [1.54, 1.807) is 6.07 Å². The van der Waals surface area contributed by atoms with E-state index in [1.807, 2.05) is 6.07 Å². The van der Waals surface area contributed by atoms with Crippen molar-refractivity contribution in [2.75, 3.05) is 44.2 Å². The molecule has 2 aliphatic heterocycles. The number of nitrogens with zero attached hydrogens (tertiary/aromatic N) is 3. The van der Waals surface area contributed by atoms with Crippen LogP contribution in [0, 0.1) is 5.82 Å². The molecule has 5 nitrogen and oxygen atoms in total. The smallest absolute Gasteiger partial charge is 0.407 e. The Labute approximate surface area is 129 Å². The molecule has 0 saturated carbocycles. The SMILES string of the molecule is O=C(O)N1CCN(Cc2cccc(F)c2N2CCCC2)CC1. The molecule has 0 spiro atoms. The summed E-state index contributed by atoms with van der Waals surface area (Å²) < 4.78 is 14.3. The molecule has 3 rings (SSSR count). The first kappa shape index (κ1) is 15.1. The van der Waals surface area contributed by atoms with Crippen LogP contribution in [0.25, 0.3) is 0 Å². The van der Waals surface area contributed by atoms with Crippen LogP contribution in [-0.4, -0.2) is 60.3 Å². The molecule has 1 N–H and O–H groups in total. The van der Waals surface area contributed by atoms with Gasteiger partial charge in [0.2, 0.25) is 0 Å². The van der Waals surface area contributed by atoms with Gasteiger partial charge in [-0.15, -0.1) is 0 Å². The van der Waals surface area contributed by atoms with Crippen molar-refractivity contribution in [1.82, 2.24) is 9.80 Å². The molecule has 0 bridgehead atoms. The Morgan fingerprint density at radius 2 is 1.77 bits per heavy atom. The van der Waals surface area contributed by atoms with Gasteiger partial charge in [-0.25, -0.2) is 9.18 Å². The first-order valence-electron chi connectivity index (χ1n) is 7.88. The lowest BCUT2D eigenvalue weighted by atomic mass is 10.1. The highest BCUT2D eigenvalue weighted by molar-refractivity contribution is 5.65. The van der Waals surface area contributed by atoms with Crippen LogP contribution in [-0.2, 0) is 6.54 Å². The monoisotopic (exact) mass is 307 g/mol. The van der Waals surface area contributed by atoms with Gasteiger partial charge in [-0.1, -0.05) is 12.1 Å². The normalized spacial score (nSPS) is 19.7. The Balaban J connectivity index is 1.70. The number of hydrogen-bond donors (Lipinski definition) is 1. The zero-order valence-corrected chi connectivity index (χ0v) is 12.7. The Hall–Kier alpha value is -1.82. The van der Waals surface area contributed by atoms with Gasteiger partial charge in [0, 0.05) is 45.8 Å². The summed E-state index contributed by atoms with van der Waals surface area (Å²) in [7, 11) is 0. The molecule has 0 atom stereocenters. The van der Waals surface area contributed by atoms with E-state index < -0.39 is 6.09 Å². The number of benzene rings is 1. The lowest BCUT2D eigenvalue weighted by Crippen LogP contribution is -2.47. The molecule has 1 aromatic carbocycles. The quantitative estimate of drug-likeness (QED) is 0.930. The van der Waals surface area contributed by atoms with Gasteiger partial charge < -0.3 is 14.9 Å². The topological polar surface area (TPSA) is 47.0 Å². The summed E-state index contributed by atoms with van der Waals surface area (Å²) in [6.07, 6.45) is 1.37. The first-order chi connectivity index (χ1) is 10.6. The van der Waals surface area contributed by atoms with E-state index in [9.17, 15) is 9.18 Å². The average Bonchev–Trinajstić information content (AvgIpc) is 3.02. The predicted octanol–water partition coefficient (Wildman–Crippen LogP) is 2.22. The van der Waals surface area contributed by atoms with Gasteiger partial charge in [-0.3, -0.25) is 4.90 Å². The van der Waals surface area contributed by atoms with Crippen LogP contribution < -0.4 is 4.90 Å². The van der Waals surface area contributed by atoms with Gasteiger partial charge in [0.25, 0.3) is 0 Å². The van der Waals surface area contributed by atoms with Crippen LogP contribution in [0.4, 0.5) is 14.9 Å². The molecule has 2 fully saturated rings. The molecule has 120 valence electrons. The fourth-order valence-corrected chi connectivity index (χ4v) is 3.32. The number of anilines is 1. The number of carbonyl (C=O) groups is 1. The first-order valence-corrected chi connectivity index (χ1v) is 7.88. The van der Waals surface area contributed by atoms with E-state index in [0.717, 1.165) is 37.2 Å². The lowest BCUT2D eigenvalue weighted by molar-refractivity contribution is 0.103. The molecule has 0 unspecified atom stereocenters. The molecule has 1 amide bonds. The zero-order valence-electron chi connectivity index (χ0n) is 12.7. The van der Waals surface area contributed by atoms with Crippen molar-refractivity contribution >= 4 is 11.8 Å². The lowest BCUT2D eigenvalue weighted by Gasteiger charge is -2.34. The minimum Gasteiger partial charge on any atom is -0.465 e. The molecular formula is C16H22FN3O2. The maximum atomic E-state index is 14.3. The molecule has 1 aromatic rings. The number of piperazine rings is 1. The number of para-hydroxylation sites is 1. The fourth-order valence-electron chi connectivity index (χ4n) is 3.32. The second-order valence-corrected chi connectivity index (χ2v) is 5.99. The summed E-state index contributed by atoms with van der Waals surface area (Å²) in [5.41, 5.74) is 1.74. The molecule has 2 saturated heterocycles. The number of halogens is 1. The van der Waals surface area contributed by atoms with E-state index in [-0.39, 0.29) is 5.82 Å². The van der Waals surface area contributed by atoms with E-state index >= 15 is 0 Å². The maximum Gasteiger partial charge on any atom is 0.407 e. The van der Waals surface area contributed by atoms with Gasteiger partial charge >= 0.3 is 6.09 Å². The standard InChI is InChI=1S/C16H22FN3O2/c17-14-5-3-4-13(15(14)19-6-1-2-7-19)12-18-8-10-20(11-9-18)16(21)22/h3-5H,1-2,6-12H2,(H,21,22). The average molecular weight is 307 g/mol. The van der Waals surface area contributed by atoms with E-state index in [0.29, 0.717) is 32.7 Å². The van der Waals surface area contributed by atoms with Gasteiger partial charge in [-0.05, 0) is 24.5 Å². The summed E-state index contributed by atoms with van der Waals surface area (Å²) in [4.78, 5) is 16.7. The van der Waals surface area contributed by atoms with Crippen molar-refractivity contribution in [3.63, 3.8) is 0 Å². The van der Waals surface area contributed by atoms with E-state index in [2.05, 4.69) is 9.80 Å².